The Balaban J connectivity index is 2.22. The second-order valence-corrected chi connectivity index (χ2v) is 4.47. The molecule has 1 N–H and O–H groups in total. The maximum atomic E-state index is 8.97. The number of nitriles is 1. The van der Waals surface area contributed by atoms with Crippen molar-refractivity contribution in [3.63, 3.8) is 0 Å². The molecular weight excluding hydrogens is 236 g/mol. The minimum Gasteiger partial charge on any atom is -0.314 e. The quantitative estimate of drug-likeness (QED) is 0.885. The van der Waals surface area contributed by atoms with Crippen LogP contribution in [0.15, 0.2) is 18.5 Å². The summed E-state index contributed by atoms with van der Waals surface area (Å²) in [6.07, 6.45) is 3.83. The maximum absolute atomic E-state index is 8.97. The average molecular weight is 251 g/mol. The molecule has 90 valence electrons. The molecular formula is C12H15ClN4. The van der Waals surface area contributed by atoms with Crippen LogP contribution in [-0.4, -0.2) is 36.1 Å². The largest absolute Gasteiger partial charge is 0.314 e. The van der Waals surface area contributed by atoms with Gasteiger partial charge in [-0.2, -0.15) is 5.26 Å². The Bertz CT molecular complexity index is 409. The zero-order chi connectivity index (χ0) is 12.1. The predicted octanol–water partition coefficient (Wildman–Crippen LogP) is 1.59. The number of halogens is 1. The lowest BCUT2D eigenvalue weighted by molar-refractivity contribution is 0.175. The van der Waals surface area contributed by atoms with Crippen LogP contribution in [0.4, 0.5) is 0 Å². The molecule has 2 heterocycles. The van der Waals surface area contributed by atoms with Gasteiger partial charge < -0.3 is 5.32 Å². The van der Waals surface area contributed by atoms with E-state index < -0.39 is 0 Å². The van der Waals surface area contributed by atoms with Gasteiger partial charge in [-0.3, -0.25) is 9.88 Å². The predicted molar refractivity (Wildman–Crippen MR) is 66.7 cm³/mol. The Labute approximate surface area is 106 Å². The summed E-state index contributed by atoms with van der Waals surface area (Å²) in [5.74, 6) is 0. The van der Waals surface area contributed by atoms with Crippen molar-refractivity contribution in [3.8, 4) is 6.07 Å². The van der Waals surface area contributed by atoms with Crippen LogP contribution < -0.4 is 5.32 Å². The molecule has 4 nitrogen and oxygen atoms in total. The van der Waals surface area contributed by atoms with Crippen molar-refractivity contribution < 1.29 is 0 Å². The summed E-state index contributed by atoms with van der Waals surface area (Å²) in [5.41, 5.74) is 1.00. The zero-order valence-electron chi connectivity index (χ0n) is 9.56. The van der Waals surface area contributed by atoms with Crippen LogP contribution in [0.1, 0.15) is 18.0 Å². The van der Waals surface area contributed by atoms with Crippen molar-refractivity contribution in [3.05, 3.63) is 29.0 Å². The molecule has 5 heteroatoms. The van der Waals surface area contributed by atoms with Crippen molar-refractivity contribution in [2.75, 3.05) is 26.2 Å². The highest BCUT2D eigenvalue weighted by molar-refractivity contribution is 6.31. The first-order chi connectivity index (χ1) is 8.33. The zero-order valence-corrected chi connectivity index (χ0v) is 10.3. The highest BCUT2D eigenvalue weighted by Gasteiger charge is 2.23. The number of aromatic nitrogens is 1. The molecule has 0 radical (unpaired) electrons. The maximum Gasteiger partial charge on any atom is 0.0641 e. The number of hydrogen-bond donors (Lipinski definition) is 1. The molecule has 0 saturated carbocycles. The van der Waals surface area contributed by atoms with Crippen molar-refractivity contribution in [2.45, 2.75) is 12.5 Å². The van der Waals surface area contributed by atoms with Gasteiger partial charge in [0.2, 0.25) is 0 Å². The molecule has 1 aliphatic heterocycles. The number of nitrogens with one attached hydrogen (secondary N) is 1. The van der Waals surface area contributed by atoms with Crippen LogP contribution in [0.5, 0.6) is 0 Å². The molecule has 0 unspecified atom stereocenters. The van der Waals surface area contributed by atoms with Gasteiger partial charge in [0.05, 0.1) is 17.5 Å². The van der Waals surface area contributed by atoms with Gasteiger partial charge in [-0.1, -0.05) is 11.6 Å². The molecule has 1 fully saturated rings. The third-order valence-electron chi connectivity index (χ3n) is 3.04. The van der Waals surface area contributed by atoms with E-state index in [1.54, 1.807) is 12.4 Å². The van der Waals surface area contributed by atoms with E-state index in [2.05, 4.69) is 21.3 Å². The smallest absolute Gasteiger partial charge is 0.0641 e. The first-order valence-electron chi connectivity index (χ1n) is 5.74. The minimum absolute atomic E-state index is 0.0811. The molecule has 0 spiro atoms. The van der Waals surface area contributed by atoms with E-state index in [4.69, 9.17) is 16.9 Å². The number of nitrogens with zero attached hydrogens (tertiary/aromatic N) is 3. The van der Waals surface area contributed by atoms with Crippen LogP contribution in [-0.2, 0) is 0 Å². The second-order valence-electron chi connectivity index (χ2n) is 4.06. The molecule has 1 aromatic rings. The van der Waals surface area contributed by atoms with Crippen LogP contribution in [0.25, 0.3) is 0 Å². The minimum atomic E-state index is 0.0811. The fourth-order valence-corrected chi connectivity index (χ4v) is 2.42. The van der Waals surface area contributed by atoms with E-state index in [0.717, 1.165) is 31.7 Å². The van der Waals surface area contributed by atoms with Crippen molar-refractivity contribution in [2.24, 2.45) is 0 Å². The lowest BCUT2D eigenvalue weighted by Gasteiger charge is -2.34. The molecule has 2 rings (SSSR count). The molecule has 0 amide bonds. The SMILES string of the molecule is N#CC[C@H](c1ccncc1Cl)N1CCNCC1. The molecule has 1 saturated heterocycles. The summed E-state index contributed by atoms with van der Waals surface area (Å²) < 4.78 is 0. The van der Waals surface area contributed by atoms with E-state index in [9.17, 15) is 0 Å². The highest BCUT2D eigenvalue weighted by atomic mass is 35.5. The fraction of sp³-hybridized carbons (Fsp3) is 0.500. The summed E-state index contributed by atoms with van der Waals surface area (Å²) in [6, 6.07) is 4.24. The summed E-state index contributed by atoms with van der Waals surface area (Å²) in [7, 11) is 0. The Hall–Kier alpha value is -1.15. The lowest BCUT2D eigenvalue weighted by Crippen LogP contribution is -2.45. The molecule has 0 aliphatic carbocycles. The van der Waals surface area contributed by atoms with Crippen molar-refractivity contribution in [1.29, 1.82) is 5.26 Å². The number of rotatable bonds is 3. The average Bonchev–Trinajstić information content (AvgIpc) is 2.38. The normalized spacial score (nSPS) is 18.6. The van der Waals surface area contributed by atoms with Gasteiger partial charge in [-0.25, -0.2) is 0 Å². The third kappa shape index (κ3) is 2.95. The molecule has 0 aromatic carbocycles. The molecule has 0 bridgehead atoms. The van der Waals surface area contributed by atoms with Gasteiger partial charge in [0.15, 0.2) is 0 Å². The number of piperazine rings is 1. The fourth-order valence-electron chi connectivity index (χ4n) is 2.17. The summed E-state index contributed by atoms with van der Waals surface area (Å²) >= 11 is 6.16. The highest BCUT2D eigenvalue weighted by Crippen LogP contribution is 2.29. The molecule has 1 aromatic heterocycles. The second kappa shape index (κ2) is 5.97. The summed E-state index contributed by atoms with van der Waals surface area (Å²) in [5, 5.41) is 12.9. The monoisotopic (exact) mass is 250 g/mol. The van der Waals surface area contributed by atoms with Crippen LogP contribution >= 0.6 is 11.6 Å². The number of pyridine rings is 1. The van der Waals surface area contributed by atoms with E-state index in [1.165, 1.54) is 0 Å². The molecule has 1 aliphatic rings. The van der Waals surface area contributed by atoms with Gasteiger partial charge in [0, 0.05) is 44.6 Å². The lowest BCUT2D eigenvalue weighted by atomic mass is 10.0. The van der Waals surface area contributed by atoms with Crippen LogP contribution in [0.3, 0.4) is 0 Å². The Morgan fingerprint density at radius 3 is 2.94 bits per heavy atom. The van der Waals surface area contributed by atoms with Crippen LogP contribution in [0, 0.1) is 11.3 Å². The van der Waals surface area contributed by atoms with Gasteiger partial charge in [-0.05, 0) is 11.6 Å². The van der Waals surface area contributed by atoms with Gasteiger partial charge in [0.1, 0.15) is 0 Å². The Morgan fingerprint density at radius 1 is 1.53 bits per heavy atom. The Morgan fingerprint density at radius 2 is 2.29 bits per heavy atom. The van der Waals surface area contributed by atoms with E-state index >= 15 is 0 Å². The summed E-state index contributed by atoms with van der Waals surface area (Å²) in [6.45, 7) is 3.82. The van der Waals surface area contributed by atoms with E-state index in [0.29, 0.717) is 11.4 Å². The van der Waals surface area contributed by atoms with E-state index in [1.807, 2.05) is 6.07 Å². The standard InChI is InChI=1S/C12H15ClN4/c13-11-9-16-4-2-10(11)12(1-3-14)17-7-5-15-6-8-17/h2,4,9,12,15H,1,5-8H2/t12-/m1/s1. The molecule has 17 heavy (non-hydrogen) atoms. The van der Waals surface area contributed by atoms with Gasteiger partial charge in [-0.15, -0.1) is 0 Å². The molecule has 1 atom stereocenters. The number of hydrogen-bond acceptors (Lipinski definition) is 4. The van der Waals surface area contributed by atoms with Crippen molar-refractivity contribution >= 4 is 11.6 Å². The van der Waals surface area contributed by atoms with Gasteiger partial charge in [0.25, 0.3) is 0 Å². The summed E-state index contributed by atoms with van der Waals surface area (Å²) in [4.78, 5) is 6.29. The Kier molecular flexibility index (Phi) is 4.32. The first-order valence-corrected chi connectivity index (χ1v) is 6.12. The topological polar surface area (TPSA) is 52.0 Å². The third-order valence-corrected chi connectivity index (χ3v) is 3.36. The van der Waals surface area contributed by atoms with Crippen LogP contribution in [0.2, 0.25) is 5.02 Å². The van der Waals surface area contributed by atoms with Crippen molar-refractivity contribution in [1.82, 2.24) is 15.2 Å². The van der Waals surface area contributed by atoms with E-state index in [-0.39, 0.29) is 6.04 Å². The van der Waals surface area contributed by atoms with Gasteiger partial charge >= 0.3 is 0 Å². The first kappa shape index (κ1) is 12.3.